The van der Waals surface area contributed by atoms with Gasteiger partial charge in [0.05, 0.1) is 13.2 Å². The molecule has 2 atom stereocenters. The van der Waals surface area contributed by atoms with Crippen molar-refractivity contribution in [3.8, 4) is 5.75 Å². The van der Waals surface area contributed by atoms with Gasteiger partial charge in [-0.3, -0.25) is 4.90 Å². The molecule has 2 unspecified atom stereocenters. The summed E-state index contributed by atoms with van der Waals surface area (Å²) in [4.78, 5) is 14.4. The van der Waals surface area contributed by atoms with Gasteiger partial charge in [0.1, 0.15) is 6.61 Å². The summed E-state index contributed by atoms with van der Waals surface area (Å²) in [7, 11) is 1.31. The Morgan fingerprint density at radius 1 is 1.18 bits per heavy atom. The molecule has 0 aliphatic carbocycles. The van der Waals surface area contributed by atoms with Crippen LogP contribution in [0.1, 0.15) is 30.4 Å². The number of hydrogen-bond acceptors (Lipinski definition) is 3. The van der Waals surface area contributed by atoms with Crippen molar-refractivity contribution in [3.05, 3.63) is 71.3 Å². The van der Waals surface area contributed by atoms with Gasteiger partial charge in [0.2, 0.25) is 5.82 Å². The number of amides is 1. The molecule has 0 spiro atoms. The molecule has 6 heteroatoms. The van der Waals surface area contributed by atoms with Crippen LogP contribution >= 0.6 is 0 Å². The Bertz CT molecular complexity index is 913. The molecule has 4 nitrogen and oxygen atoms in total. The summed E-state index contributed by atoms with van der Waals surface area (Å²) >= 11 is 0. The van der Waals surface area contributed by atoms with Crippen LogP contribution in [0.5, 0.6) is 5.75 Å². The molecule has 2 aromatic rings. The van der Waals surface area contributed by atoms with E-state index in [1.807, 2.05) is 36.4 Å². The lowest BCUT2D eigenvalue weighted by Gasteiger charge is -2.33. The minimum Gasteiger partial charge on any atom is -0.494 e. The Hall–Kier alpha value is -2.89. The van der Waals surface area contributed by atoms with Gasteiger partial charge < -0.3 is 9.47 Å². The highest BCUT2D eigenvalue weighted by Gasteiger charge is 2.40. The van der Waals surface area contributed by atoms with Crippen molar-refractivity contribution in [1.29, 1.82) is 0 Å². The van der Waals surface area contributed by atoms with E-state index in [0.717, 1.165) is 24.0 Å². The number of nitrogens with zero attached hydrogens (tertiary/aromatic N) is 1. The Kier molecular flexibility index (Phi) is 5.03. The highest BCUT2D eigenvalue weighted by Crippen LogP contribution is 2.40. The molecule has 2 bridgehead atoms. The molecule has 2 aliphatic heterocycles. The number of benzene rings is 2. The largest absolute Gasteiger partial charge is 0.494 e. The molecule has 1 amide bonds. The number of methoxy groups -OCH3 is 1. The van der Waals surface area contributed by atoms with E-state index in [1.165, 1.54) is 19.2 Å². The highest BCUT2D eigenvalue weighted by molar-refractivity contribution is 5.75. The van der Waals surface area contributed by atoms with Crippen LogP contribution in [0.2, 0.25) is 0 Å². The third kappa shape index (κ3) is 3.46. The van der Waals surface area contributed by atoms with Crippen molar-refractivity contribution in [3.63, 3.8) is 0 Å². The maximum atomic E-state index is 13.9. The second-order valence-corrected chi connectivity index (χ2v) is 7.12. The number of ether oxygens (including phenoxy) is 2. The minimum atomic E-state index is -0.989. The summed E-state index contributed by atoms with van der Waals surface area (Å²) in [5.74, 6) is -2.04. The summed E-state index contributed by atoms with van der Waals surface area (Å²) < 4.78 is 38.0. The topological polar surface area (TPSA) is 38.8 Å². The third-order valence-electron chi connectivity index (χ3n) is 5.40. The van der Waals surface area contributed by atoms with E-state index in [-0.39, 0.29) is 30.5 Å². The average Bonchev–Trinajstić information content (AvgIpc) is 2.98. The second-order valence-electron chi connectivity index (χ2n) is 7.12. The molecule has 0 N–H and O–H groups in total. The lowest BCUT2D eigenvalue weighted by molar-refractivity contribution is 0.0832. The van der Waals surface area contributed by atoms with E-state index in [1.54, 1.807) is 4.90 Å². The van der Waals surface area contributed by atoms with Crippen LogP contribution in [0.15, 0.2) is 48.5 Å². The maximum absolute atomic E-state index is 13.9. The van der Waals surface area contributed by atoms with E-state index in [0.29, 0.717) is 12.0 Å². The predicted molar refractivity (Wildman–Crippen MR) is 101 cm³/mol. The molecule has 1 fully saturated rings. The SMILES string of the molecule is COc1cc(C2=CC3CCC(C2)N3C(=O)OCc2ccccc2)cc(F)c1F. The molecule has 2 aromatic carbocycles. The number of hydrogen-bond donors (Lipinski definition) is 0. The van der Waals surface area contributed by atoms with Crippen LogP contribution in [0.3, 0.4) is 0 Å². The zero-order valence-electron chi connectivity index (χ0n) is 15.5. The fourth-order valence-electron chi connectivity index (χ4n) is 4.02. The molecule has 0 aromatic heterocycles. The standard InChI is InChI=1S/C22H21F2NO3/c1-27-20-12-16(11-19(23)21(20)24)15-9-17-7-8-18(10-15)25(17)22(26)28-13-14-5-3-2-4-6-14/h2-6,9,11-12,17-18H,7-8,10,13H2,1H3. The van der Waals surface area contributed by atoms with Gasteiger partial charge in [-0.05, 0) is 48.1 Å². The van der Waals surface area contributed by atoms with Gasteiger partial charge in [0.15, 0.2) is 11.6 Å². The van der Waals surface area contributed by atoms with Crippen molar-refractivity contribution in [2.24, 2.45) is 0 Å². The van der Waals surface area contributed by atoms with Crippen molar-refractivity contribution in [1.82, 2.24) is 4.90 Å². The van der Waals surface area contributed by atoms with Crippen molar-refractivity contribution in [2.45, 2.75) is 38.0 Å². The van der Waals surface area contributed by atoms with Gasteiger partial charge in [-0.1, -0.05) is 36.4 Å². The summed E-state index contributed by atoms with van der Waals surface area (Å²) in [6.07, 6.45) is 3.88. The summed E-state index contributed by atoms with van der Waals surface area (Å²) in [6.45, 7) is 0.229. The van der Waals surface area contributed by atoms with Crippen LogP contribution in [-0.2, 0) is 11.3 Å². The Balaban J connectivity index is 1.51. The van der Waals surface area contributed by atoms with Gasteiger partial charge in [0, 0.05) is 6.04 Å². The van der Waals surface area contributed by atoms with E-state index in [4.69, 9.17) is 9.47 Å². The van der Waals surface area contributed by atoms with Gasteiger partial charge in [-0.2, -0.15) is 4.39 Å². The molecule has 0 radical (unpaired) electrons. The second kappa shape index (κ2) is 7.62. The Morgan fingerprint density at radius 2 is 1.96 bits per heavy atom. The number of fused-ring (bicyclic) bond motifs is 2. The van der Waals surface area contributed by atoms with Crippen molar-refractivity contribution in [2.75, 3.05) is 7.11 Å². The number of carbonyl (C=O) groups excluding carboxylic acids is 1. The van der Waals surface area contributed by atoms with Crippen molar-refractivity contribution < 1.29 is 23.0 Å². The third-order valence-corrected chi connectivity index (χ3v) is 5.40. The molecule has 28 heavy (non-hydrogen) atoms. The molecule has 146 valence electrons. The van der Waals surface area contributed by atoms with E-state index in [9.17, 15) is 13.6 Å². The number of rotatable bonds is 4. The summed E-state index contributed by atoms with van der Waals surface area (Å²) in [5.41, 5.74) is 2.42. The summed E-state index contributed by atoms with van der Waals surface area (Å²) in [5, 5.41) is 0. The van der Waals surface area contributed by atoms with Crippen LogP contribution in [0.4, 0.5) is 13.6 Å². The van der Waals surface area contributed by atoms with Gasteiger partial charge in [-0.25, -0.2) is 9.18 Å². The first-order valence-electron chi connectivity index (χ1n) is 9.30. The molecule has 0 saturated carbocycles. The maximum Gasteiger partial charge on any atom is 0.410 e. The molecule has 1 saturated heterocycles. The fraction of sp³-hybridized carbons (Fsp3) is 0.318. The normalized spacial score (nSPS) is 20.7. The van der Waals surface area contributed by atoms with Crippen LogP contribution in [-0.4, -0.2) is 30.2 Å². The molecular weight excluding hydrogens is 364 g/mol. The van der Waals surface area contributed by atoms with Crippen LogP contribution < -0.4 is 4.74 Å². The first-order chi connectivity index (χ1) is 13.6. The number of halogens is 2. The Labute approximate surface area is 162 Å². The predicted octanol–water partition coefficient (Wildman–Crippen LogP) is 4.93. The molecular formula is C22H21F2NO3. The van der Waals surface area contributed by atoms with Crippen molar-refractivity contribution >= 4 is 11.7 Å². The molecule has 2 heterocycles. The van der Waals surface area contributed by atoms with Gasteiger partial charge in [0.25, 0.3) is 0 Å². The van der Waals surface area contributed by atoms with E-state index in [2.05, 4.69) is 0 Å². The lowest BCUT2D eigenvalue weighted by Crippen LogP contribution is -2.43. The first kappa shape index (κ1) is 18.5. The quantitative estimate of drug-likeness (QED) is 0.749. The summed E-state index contributed by atoms with van der Waals surface area (Å²) in [6, 6.07) is 12.1. The minimum absolute atomic E-state index is 0.00705. The van der Waals surface area contributed by atoms with E-state index >= 15 is 0 Å². The fourth-order valence-corrected chi connectivity index (χ4v) is 4.02. The van der Waals surface area contributed by atoms with E-state index < -0.39 is 11.6 Å². The van der Waals surface area contributed by atoms with Crippen LogP contribution in [0, 0.1) is 11.6 Å². The highest BCUT2D eigenvalue weighted by atomic mass is 19.2. The Morgan fingerprint density at radius 3 is 2.68 bits per heavy atom. The average molecular weight is 385 g/mol. The lowest BCUT2D eigenvalue weighted by atomic mass is 9.94. The zero-order valence-corrected chi connectivity index (χ0v) is 15.5. The first-order valence-corrected chi connectivity index (χ1v) is 9.30. The molecule has 4 rings (SSSR count). The smallest absolute Gasteiger partial charge is 0.410 e. The zero-order chi connectivity index (χ0) is 19.7. The van der Waals surface area contributed by atoms with Crippen LogP contribution in [0.25, 0.3) is 5.57 Å². The number of carbonyl (C=O) groups is 1. The monoisotopic (exact) mass is 385 g/mol. The van der Waals surface area contributed by atoms with Gasteiger partial charge in [-0.15, -0.1) is 0 Å². The molecule has 2 aliphatic rings. The van der Waals surface area contributed by atoms with Gasteiger partial charge >= 0.3 is 6.09 Å².